The molecular formula is C16H12ClNO. The van der Waals surface area contributed by atoms with Crippen molar-refractivity contribution in [2.24, 2.45) is 5.16 Å². The molecule has 0 aliphatic carbocycles. The second-order valence-corrected chi connectivity index (χ2v) is 4.18. The first-order valence-electron chi connectivity index (χ1n) is 5.74. The van der Waals surface area contributed by atoms with Crippen LogP contribution in [0.15, 0.2) is 59.8 Å². The van der Waals surface area contributed by atoms with E-state index in [-0.39, 0.29) is 0 Å². The van der Waals surface area contributed by atoms with Gasteiger partial charge in [0.1, 0.15) is 7.11 Å². The maximum Gasteiger partial charge on any atom is 0.160 e. The Labute approximate surface area is 117 Å². The second kappa shape index (κ2) is 6.63. The lowest BCUT2D eigenvalue weighted by molar-refractivity contribution is 0.214. The fraction of sp³-hybridized carbons (Fsp3) is 0.0625. The highest BCUT2D eigenvalue weighted by Gasteiger charge is 1.99. The van der Waals surface area contributed by atoms with Crippen molar-refractivity contribution >= 4 is 17.3 Å². The van der Waals surface area contributed by atoms with Gasteiger partial charge in [0.05, 0.1) is 0 Å². The molecular weight excluding hydrogens is 258 g/mol. The zero-order chi connectivity index (χ0) is 13.5. The van der Waals surface area contributed by atoms with E-state index in [4.69, 9.17) is 16.4 Å². The zero-order valence-corrected chi connectivity index (χ0v) is 11.2. The summed E-state index contributed by atoms with van der Waals surface area (Å²) in [5.74, 6) is 6.04. The van der Waals surface area contributed by atoms with Crippen LogP contribution < -0.4 is 0 Å². The summed E-state index contributed by atoms with van der Waals surface area (Å²) in [4.78, 5) is 4.83. The van der Waals surface area contributed by atoms with Crippen LogP contribution in [0.4, 0.5) is 0 Å². The summed E-state index contributed by atoms with van der Waals surface area (Å²) in [6.45, 7) is 0. The van der Waals surface area contributed by atoms with Crippen LogP contribution in [-0.4, -0.2) is 12.8 Å². The third kappa shape index (κ3) is 3.87. The van der Waals surface area contributed by atoms with E-state index in [1.54, 1.807) is 12.1 Å². The maximum absolute atomic E-state index is 5.83. The number of rotatable bonds is 2. The summed E-state index contributed by atoms with van der Waals surface area (Å²) < 4.78 is 0. The average molecular weight is 270 g/mol. The standard InChI is InChI=1S/C16H12ClNO/c1-19-18-16(14-5-3-2-4-6-14)12-9-13-7-10-15(17)11-8-13/h2-8,10-11H,1H3/b18-16+. The van der Waals surface area contributed by atoms with Crippen molar-refractivity contribution in [3.05, 3.63) is 70.7 Å². The van der Waals surface area contributed by atoms with Crippen molar-refractivity contribution in [2.75, 3.05) is 7.11 Å². The summed E-state index contributed by atoms with van der Waals surface area (Å²) in [5.41, 5.74) is 2.40. The van der Waals surface area contributed by atoms with E-state index >= 15 is 0 Å². The van der Waals surface area contributed by atoms with Gasteiger partial charge in [-0.2, -0.15) is 0 Å². The molecule has 3 heteroatoms. The van der Waals surface area contributed by atoms with Crippen LogP contribution in [0.3, 0.4) is 0 Å². The van der Waals surface area contributed by atoms with Crippen molar-refractivity contribution in [3.8, 4) is 11.8 Å². The smallest absolute Gasteiger partial charge is 0.160 e. The van der Waals surface area contributed by atoms with Gasteiger partial charge >= 0.3 is 0 Å². The van der Waals surface area contributed by atoms with E-state index in [9.17, 15) is 0 Å². The molecule has 0 bridgehead atoms. The Morgan fingerprint density at radius 2 is 1.74 bits per heavy atom. The predicted molar refractivity (Wildman–Crippen MR) is 78.3 cm³/mol. The first kappa shape index (κ1) is 13.2. The summed E-state index contributed by atoms with van der Waals surface area (Å²) in [6.07, 6.45) is 0. The van der Waals surface area contributed by atoms with Gasteiger partial charge in [-0.05, 0) is 30.2 Å². The first-order chi connectivity index (χ1) is 9.29. The van der Waals surface area contributed by atoms with Crippen LogP contribution >= 0.6 is 11.6 Å². The minimum Gasteiger partial charge on any atom is -0.398 e. The Bertz CT molecular complexity index is 621. The highest BCUT2D eigenvalue weighted by molar-refractivity contribution is 6.30. The molecule has 0 atom stereocenters. The molecule has 2 aromatic rings. The molecule has 0 fully saturated rings. The Morgan fingerprint density at radius 1 is 1.05 bits per heavy atom. The molecule has 0 aliphatic rings. The molecule has 0 saturated carbocycles. The van der Waals surface area contributed by atoms with Crippen molar-refractivity contribution in [2.45, 2.75) is 0 Å². The van der Waals surface area contributed by atoms with Gasteiger partial charge in [-0.3, -0.25) is 0 Å². The van der Waals surface area contributed by atoms with Gasteiger partial charge in [0, 0.05) is 16.1 Å². The zero-order valence-electron chi connectivity index (χ0n) is 10.4. The lowest BCUT2D eigenvalue weighted by atomic mass is 10.1. The van der Waals surface area contributed by atoms with E-state index in [0.717, 1.165) is 11.1 Å². The average Bonchev–Trinajstić information content (AvgIpc) is 2.46. The predicted octanol–water partition coefficient (Wildman–Crippen LogP) is 3.74. The van der Waals surface area contributed by atoms with Crippen molar-refractivity contribution in [3.63, 3.8) is 0 Å². The monoisotopic (exact) mass is 269 g/mol. The van der Waals surface area contributed by atoms with E-state index in [0.29, 0.717) is 10.7 Å². The summed E-state index contributed by atoms with van der Waals surface area (Å²) in [5, 5.41) is 4.64. The van der Waals surface area contributed by atoms with Gasteiger partial charge in [0.2, 0.25) is 0 Å². The number of hydrogen-bond acceptors (Lipinski definition) is 2. The van der Waals surface area contributed by atoms with Gasteiger partial charge in [0.15, 0.2) is 5.71 Å². The normalized spacial score (nSPS) is 10.5. The third-order valence-corrected chi connectivity index (χ3v) is 2.65. The number of halogens is 1. The number of benzene rings is 2. The Hall–Kier alpha value is -2.24. The molecule has 0 amide bonds. The summed E-state index contributed by atoms with van der Waals surface area (Å²) in [6, 6.07) is 17.0. The summed E-state index contributed by atoms with van der Waals surface area (Å²) >= 11 is 5.83. The molecule has 0 heterocycles. The minimum absolute atomic E-state index is 0.595. The van der Waals surface area contributed by atoms with Crippen molar-refractivity contribution < 1.29 is 4.84 Å². The van der Waals surface area contributed by atoms with Crippen LogP contribution in [-0.2, 0) is 4.84 Å². The molecule has 0 N–H and O–H groups in total. The van der Waals surface area contributed by atoms with E-state index in [2.05, 4.69) is 17.0 Å². The van der Waals surface area contributed by atoms with E-state index < -0.39 is 0 Å². The molecule has 2 rings (SSSR count). The molecule has 0 aromatic heterocycles. The third-order valence-electron chi connectivity index (χ3n) is 2.40. The fourth-order valence-electron chi connectivity index (χ4n) is 1.50. The highest BCUT2D eigenvalue weighted by Crippen LogP contribution is 2.08. The number of nitrogens with zero attached hydrogens (tertiary/aromatic N) is 1. The Balaban J connectivity index is 2.29. The van der Waals surface area contributed by atoms with Crippen molar-refractivity contribution in [1.82, 2.24) is 0 Å². The fourth-order valence-corrected chi connectivity index (χ4v) is 1.63. The van der Waals surface area contributed by atoms with E-state index in [1.165, 1.54) is 7.11 Å². The summed E-state index contributed by atoms with van der Waals surface area (Å²) in [7, 11) is 1.51. The van der Waals surface area contributed by atoms with Gasteiger partial charge in [-0.25, -0.2) is 0 Å². The topological polar surface area (TPSA) is 21.6 Å². The van der Waals surface area contributed by atoms with Gasteiger partial charge < -0.3 is 4.84 Å². The largest absolute Gasteiger partial charge is 0.398 e. The quantitative estimate of drug-likeness (QED) is 0.462. The van der Waals surface area contributed by atoms with Gasteiger partial charge in [0.25, 0.3) is 0 Å². The van der Waals surface area contributed by atoms with Crippen LogP contribution in [0.1, 0.15) is 11.1 Å². The lowest BCUT2D eigenvalue weighted by Crippen LogP contribution is -1.97. The molecule has 2 aromatic carbocycles. The highest BCUT2D eigenvalue weighted by atomic mass is 35.5. The SMILES string of the molecule is CO/N=C(\C#Cc1ccc(Cl)cc1)c1ccccc1. The van der Waals surface area contributed by atoms with Crippen molar-refractivity contribution in [1.29, 1.82) is 0 Å². The molecule has 0 aliphatic heterocycles. The molecule has 2 nitrogen and oxygen atoms in total. The molecule has 0 radical (unpaired) electrons. The van der Waals surface area contributed by atoms with Crippen LogP contribution in [0.2, 0.25) is 5.02 Å². The van der Waals surface area contributed by atoms with Crippen LogP contribution in [0.25, 0.3) is 0 Å². The maximum atomic E-state index is 5.83. The molecule has 94 valence electrons. The van der Waals surface area contributed by atoms with E-state index in [1.807, 2.05) is 42.5 Å². The van der Waals surface area contributed by atoms with Gasteiger partial charge in [-0.15, -0.1) is 0 Å². The lowest BCUT2D eigenvalue weighted by Gasteiger charge is -1.97. The van der Waals surface area contributed by atoms with Crippen LogP contribution in [0, 0.1) is 11.8 Å². The Morgan fingerprint density at radius 3 is 2.37 bits per heavy atom. The molecule has 0 saturated heterocycles. The number of oxime groups is 1. The molecule has 19 heavy (non-hydrogen) atoms. The van der Waals surface area contributed by atoms with Crippen LogP contribution in [0.5, 0.6) is 0 Å². The second-order valence-electron chi connectivity index (χ2n) is 3.75. The Kier molecular flexibility index (Phi) is 4.60. The number of hydrogen-bond donors (Lipinski definition) is 0. The molecule has 0 spiro atoms. The molecule has 0 unspecified atom stereocenters. The van der Waals surface area contributed by atoms with Gasteiger partial charge in [-0.1, -0.05) is 53.0 Å². The first-order valence-corrected chi connectivity index (χ1v) is 6.11. The minimum atomic E-state index is 0.595.